The van der Waals surface area contributed by atoms with Crippen molar-refractivity contribution in [2.75, 3.05) is 26.7 Å². The third kappa shape index (κ3) is 4.04. The molecule has 1 aliphatic rings. The van der Waals surface area contributed by atoms with Crippen LogP contribution in [0.4, 0.5) is 0 Å². The number of piperidine rings is 1. The summed E-state index contributed by atoms with van der Waals surface area (Å²) in [5, 5.41) is 3.66. The van der Waals surface area contributed by atoms with Gasteiger partial charge in [-0.2, -0.15) is 0 Å². The van der Waals surface area contributed by atoms with E-state index in [-0.39, 0.29) is 0 Å². The van der Waals surface area contributed by atoms with Gasteiger partial charge in [0.25, 0.3) is 0 Å². The minimum atomic E-state index is 0.326. The molecular weight excluding hydrogens is 200 g/mol. The molecule has 4 atom stereocenters. The summed E-state index contributed by atoms with van der Waals surface area (Å²) in [6, 6.07) is 1.34. The standard InChI is InChI=1S/C13H28N2O/c1-6-16-12(4)8-14-13-7-11(3)15(5)9-10(13)2/h10-14H,6-9H2,1-5H3. The minimum absolute atomic E-state index is 0.326. The molecule has 0 aromatic heterocycles. The predicted molar refractivity (Wildman–Crippen MR) is 68.8 cm³/mol. The molecule has 0 aromatic rings. The molecule has 1 saturated heterocycles. The van der Waals surface area contributed by atoms with E-state index in [0.29, 0.717) is 18.2 Å². The van der Waals surface area contributed by atoms with Crippen LogP contribution in [0.3, 0.4) is 0 Å². The van der Waals surface area contributed by atoms with Gasteiger partial charge in [0, 0.05) is 31.8 Å². The molecule has 16 heavy (non-hydrogen) atoms. The van der Waals surface area contributed by atoms with Gasteiger partial charge >= 0.3 is 0 Å². The van der Waals surface area contributed by atoms with Crippen molar-refractivity contribution in [3.05, 3.63) is 0 Å². The first-order chi connectivity index (χ1) is 7.54. The number of likely N-dealkylation sites (tertiary alicyclic amines) is 1. The lowest BCUT2D eigenvalue weighted by molar-refractivity contribution is 0.0626. The van der Waals surface area contributed by atoms with Gasteiger partial charge in [-0.1, -0.05) is 6.92 Å². The van der Waals surface area contributed by atoms with Crippen LogP contribution in [0.2, 0.25) is 0 Å². The van der Waals surface area contributed by atoms with E-state index in [2.05, 4.69) is 45.0 Å². The van der Waals surface area contributed by atoms with Gasteiger partial charge in [0.15, 0.2) is 0 Å². The highest BCUT2D eigenvalue weighted by Crippen LogP contribution is 2.20. The van der Waals surface area contributed by atoms with Crippen LogP contribution in [-0.4, -0.2) is 49.8 Å². The third-order valence-corrected chi connectivity index (χ3v) is 3.73. The molecule has 3 nitrogen and oxygen atoms in total. The molecule has 0 spiro atoms. The smallest absolute Gasteiger partial charge is 0.0671 e. The Morgan fingerprint density at radius 3 is 2.75 bits per heavy atom. The summed E-state index contributed by atoms with van der Waals surface area (Å²) >= 11 is 0. The topological polar surface area (TPSA) is 24.5 Å². The maximum Gasteiger partial charge on any atom is 0.0671 e. The summed E-state index contributed by atoms with van der Waals surface area (Å²) in [6.45, 7) is 11.8. The highest BCUT2D eigenvalue weighted by Gasteiger charge is 2.28. The number of ether oxygens (including phenoxy) is 1. The fourth-order valence-electron chi connectivity index (χ4n) is 2.49. The van der Waals surface area contributed by atoms with E-state index in [1.807, 2.05) is 0 Å². The van der Waals surface area contributed by atoms with E-state index >= 15 is 0 Å². The van der Waals surface area contributed by atoms with Crippen molar-refractivity contribution in [2.45, 2.75) is 52.3 Å². The number of hydrogen-bond acceptors (Lipinski definition) is 3. The summed E-state index contributed by atoms with van der Waals surface area (Å²) in [5.41, 5.74) is 0. The van der Waals surface area contributed by atoms with Gasteiger partial charge in [-0.25, -0.2) is 0 Å². The van der Waals surface area contributed by atoms with Crippen LogP contribution in [0, 0.1) is 5.92 Å². The molecule has 96 valence electrons. The maximum atomic E-state index is 5.54. The third-order valence-electron chi connectivity index (χ3n) is 3.73. The summed E-state index contributed by atoms with van der Waals surface area (Å²) in [7, 11) is 2.22. The summed E-state index contributed by atoms with van der Waals surface area (Å²) in [4.78, 5) is 2.45. The molecule has 0 amide bonds. The zero-order valence-corrected chi connectivity index (χ0v) is 11.5. The molecule has 3 heteroatoms. The van der Waals surface area contributed by atoms with Gasteiger partial charge in [0.1, 0.15) is 0 Å². The van der Waals surface area contributed by atoms with E-state index in [1.165, 1.54) is 13.0 Å². The Hall–Kier alpha value is -0.120. The van der Waals surface area contributed by atoms with Crippen molar-refractivity contribution in [3.63, 3.8) is 0 Å². The molecule has 1 rings (SSSR count). The minimum Gasteiger partial charge on any atom is -0.377 e. The molecule has 0 radical (unpaired) electrons. The first-order valence-electron chi connectivity index (χ1n) is 6.59. The van der Waals surface area contributed by atoms with Crippen LogP contribution in [-0.2, 0) is 4.74 Å². The van der Waals surface area contributed by atoms with Crippen LogP contribution < -0.4 is 5.32 Å². The largest absolute Gasteiger partial charge is 0.377 e. The van der Waals surface area contributed by atoms with E-state index in [1.54, 1.807) is 0 Å². The van der Waals surface area contributed by atoms with E-state index in [4.69, 9.17) is 4.74 Å². The molecule has 0 saturated carbocycles. The van der Waals surface area contributed by atoms with Crippen LogP contribution in [0.5, 0.6) is 0 Å². The lowest BCUT2D eigenvalue weighted by atomic mass is 9.90. The Bertz CT molecular complexity index is 198. The SMILES string of the molecule is CCOC(C)CNC1CC(C)N(C)CC1C. The van der Waals surface area contributed by atoms with Crippen LogP contribution >= 0.6 is 0 Å². The Balaban J connectivity index is 2.30. The van der Waals surface area contributed by atoms with Crippen molar-refractivity contribution in [1.82, 2.24) is 10.2 Å². The van der Waals surface area contributed by atoms with Crippen molar-refractivity contribution in [2.24, 2.45) is 5.92 Å². The number of nitrogens with one attached hydrogen (secondary N) is 1. The van der Waals surface area contributed by atoms with Gasteiger partial charge < -0.3 is 15.0 Å². The predicted octanol–water partition coefficient (Wildman–Crippen LogP) is 1.73. The van der Waals surface area contributed by atoms with Gasteiger partial charge in [0.05, 0.1) is 6.10 Å². The van der Waals surface area contributed by atoms with Gasteiger partial charge in [0.2, 0.25) is 0 Å². The lowest BCUT2D eigenvalue weighted by Crippen LogP contribution is -2.52. The van der Waals surface area contributed by atoms with Crippen LogP contribution in [0.25, 0.3) is 0 Å². The van der Waals surface area contributed by atoms with Gasteiger partial charge in [-0.15, -0.1) is 0 Å². The summed E-state index contributed by atoms with van der Waals surface area (Å²) in [6.07, 6.45) is 1.57. The second-order valence-electron chi connectivity index (χ2n) is 5.28. The van der Waals surface area contributed by atoms with Gasteiger partial charge in [-0.3, -0.25) is 0 Å². The molecule has 0 aliphatic carbocycles. The van der Waals surface area contributed by atoms with E-state index < -0.39 is 0 Å². The monoisotopic (exact) mass is 228 g/mol. The highest BCUT2D eigenvalue weighted by atomic mass is 16.5. The molecule has 1 fully saturated rings. The summed E-state index contributed by atoms with van der Waals surface area (Å²) < 4.78 is 5.54. The fourth-order valence-corrected chi connectivity index (χ4v) is 2.49. The summed E-state index contributed by atoms with van der Waals surface area (Å²) in [5.74, 6) is 0.732. The van der Waals surface area contributed by atoms with Crippen molar-refractivity contribution in [3.8, 4) is 0 Å². The number of rotatable bonds is 5. The lowest BCUT2D eigenvalue weighted by Gasteiger charge is -2.40. The molecular formula is C13H28N2O. The average molecular weight is 228 g/mol. The molecule has 0 aromatic carbocycles. The number of hydrogen-bond donors (Lipinski definition) is 1. The Labute approximate surface area is 101 Å². The molecule has 0 bridgehead atoms. The Kier molecular flexibility index (Phi) is 5.73. The molecule has 4 unspecified atom stereocenters. The molecule has 1 aliphatic heterocycles. The number of nitrogens with zero attached hydrogens (tertiary/aromatic N) is 1. The quantitative estimate of drug-likeness (QED) is 0.775. The zero-order valence-electron chi connectivity index (χ0n) is 11.5. The second-order valence-corrected chi connectivity index (χ2v) is 5.28. The first-order valence-corrected chi connectivity index (χ1v) is 6.59. The van der Waals surface area contributed by atoms with Crippen LogP contribution in [0.1, 0.15) is 34.1 Å². The van der Waals surface area contributed by atoms with Crippen molar-refractivity contribution in [1.29, 1.82) is 0 Å². The van der Waals surface area contributed by atoms with Crippen LogP contribution in [0.15, 0.2) is 0 Å². The van der Waals surface area contributed by atoms with E-state index in [0.717, 1.165) is 19.1 Å². The van der Waals surface area contributed by atoms with E-state index in [9.17, 15) is 0 Å². The molecule has 1 heterocycles. The highest BCUT2D eigenvalue weighted by molar-refractivity contribution is 4.86. The zero-order chi connectivity index (χ0) is 12.1. The molecule has 1 N–H and O–H groups in total. The fraction of sp³-hybridized carbons (Fsp3) is 1.00. The normalized spacial score (nSPS) is 33.9. The van der Waals surface area contributed by atoms with Crippen molar-refractivity contribution >= 4 is 0 Å². The first kappa shape index (κ1) is 13.9. The Morgan fingerprint density at radius 2 is 2.12 bits per heavy atom. The van der Waals surface area contributed by atoms with Crippen molar-refractivity contribution < 1.29 is 4.74 Å². The Morgan fingerprint density at radius 1 is 1.44 bits per heavy atom. The maximum absolute atomic E-state index is 5.54. The van der Waals surface area contributed by atoms with Gasteiger partial charge in [-0.05, 0) is 40.2 Å². The second kappa shape index (κ2) is 6.58. The average Bonchev–Trinajstić information content (AvgIpc) is 2.22.